The molecule has 2 N–H and O–H groups in total. The Hall–Kier alpha value is -0.420. The quantitative estimate of drug-likeness (QED) is 0.632. The summed E-state index contributed by atoms with van der Waals surface area (Å²) >= 11 is 0. The van der Waals surface area contributed by atoms with Crippen molar-refractivity contribution in [2.75, 3.05) is 13.7 Å². The number of ether oxygens (including phenoxy) is 3. The van der Waals surface area contributed by atoms with Crippen LogP contribution in [-0.4, -0.2) is 43.2 Å². The molecule has 4 nitrogen and oxygen atoms in total. The highest BCUT2D eigenvalue weighted by Gasteiger charge is 2.71. The van der Waals surface area contributed by atoms with Crippen molar-refractivity contribution in [3.05, 3.63) is 11.6 Å². The third-order valence-corrected chi connectivity index (χ3v) is 5.34. The van der Waals surface area contributed by atoms with Crippen LogP contribution >= 0.6 is 0 Å². The molecule has 1 aliphatic carbocycles. The largest absolute Gasteiger partial charge is 0.379 e. The van der Waals surface area contributed by atoms with E-state index in [-0.39, 0.29) is 35.4 Å². The molecule has 20 heavy (non-hydrogen) atoms. The van der Waals surface area contributed by atoms with Crippen LogP contribution in [0.5, 0.6) is 0 Å². The summed E-state index contributed by atoms with van der Waals surface area (Å²) in [7, 11) is 1.76. The molecule has 3 aliphatic rings. The van der Waals surface area contributed by atoms with Gasteiger partial charge in [-0.2, -0.15) is 0 Å². The molecule has 0 bridgehead atoms. The summed E-state index contributed by atoms with van der Waals surface area (Å²) in [5.41, 5.74) is 7.42. The summed E-state index contributed by atoms with van der Waals surface area (Å²) in [6, 6.07) is 0.0879. The van der Waals surface area contributed by atoms with Gasteiger partial charge in [-0.3, -0.25) is 0 Å². The molecule has 2 heterocycles. The fourth-order valence-corrected chi connectivity index (χ4v) is 4.02. The van der Waals surface area contributed by atoms with Gasteiger partial charge in [0.15, 0.2) is 0 Å². The van der Waals surface area contributed by atoms with Gasteiger partial charge in [0, 0.05) is 19.1 Å². The zero-order valence-corrected chi connectivity index (χ0v) is 13.0. The molecule has 0 amide bonds. The van der Waals surface area contributed by atoms with Crippen molar-refractivity contribution in [3.8, 4) is 0 Å². The summed E-state index contributed by atoms with van der Waals surface area (Å²) < 4.78 is 17.7. The van der Waals surface area contributed by atoms with E-state index in [2.05, 4.69) is 26.8 Å². The van der Waals surface area contributed by atoms with Gasteiger partial charge in [0.2, 0.25) is 0 Å². The first-order chi connectivity index (χ1) is 9.43. The minimum Gasteiger partial charge on any atom is -0.379 e. The van der Waals surface area contributed by atoms with Gasteiger partial charge in [-0.15, -0.1) is 0 Å². The average molecular weight is 281 g/mol. The van der Waals surface area contributed by atoms with Crippen LogP contribution in [0.4, 0.5) is 0 Å². The Balaban J connectivity index is 1.78. The van der Waals surface area contributed by atoms with Crippen LogP contribution in [-0.2, 0) is 14.2 Å². The fourth-order valence-electron chi connectivity index (χ4n) is 4.02. The Bertz CT molecular complexity index is 414. The third kappa shape index (κ3) is 2.23. The predicted molar refractivity (Wildman–Crippen MR) is 77.5 cm³/mol. The van der Waals surface area contributed by atoms with Gasteiger partial charge in [0.1, 0.15) is 5.60 Å². The Kier molecular flexibility index (Phi) is 3.49. The number of methoxy groups -OCH3 is 1. The van der Waals surface area contributed by atoms with Gasteiger partial charge >= 0.3 is 0 Å². The Labute approximate surface area is 121 Å². The second kappa shape index (κ2) is 4.80. The number of epoxide rings is 2. The van der Waals surface area contributed by atoms with Crippen molar-refractivity contribution >= 4 is 0 Å². The Morgan fingerprint density at radius 2 is 2.15 bits per heavy atom. The van der Waals surface area contributed by atoms with Crippen LogP contribution in [0.2, 0.25) is 0 Å². The van der Waals surface area contributed by atoms with E-state index in [0.29, 0.717) is 0 Å². The number of rotatable bonds is 4. The van der Waals surface area contributed by atoms with Gasteiger partial charge < -0.3 is 19.9 Å². The molecule has 0 aromatic rings. The first-order valence-electron chi connectivity index (χ1n) is 7.66. The summed E-state index contributed by atoms with van der Waals surface area (Å²) in [6.45, 7) is 7.28. The first kappa shape index (κ1) is 14.5. The molecule has 3 rings (SSSR count). The molecule has 4 heteroatoms. The molecule has 0 aromatic carbocycles. The highest BCUT2D eigenvalue weighted by atomic mass is 16.6. The first-order valence-corrected chi connectivity index (χ1v) is 7.66. The van der Waals surface area contributed by atoms with Crippen molar-refractivity contribution in [1.29, 1.82) is 0 Å². The summed E-state index contributed by atoms with van der Waals surface area (Å²) in [5.74, 6) is 0.249. The molecule has 6 atom stereocenters. The minimum absolute atomic E-state index is 0.0351. The van der Waals surface area contributed by atoms with E-state index in [1.165, 1.54) is 5.57 Å². The maximum atomic E-state index is 6.27. The lowest BCUT2D eigenvalue weighted by Crippen LogP contribution is -2.57. The van der Waals surface area contributed by atoms with Crippen molar-refractivity contribution in [2.45, 2.75) is 69.5 Å². The van der Waals surface area contributed by atoms with Crippen LogP contribution in [0.3, 0.4) is 0 Å². The topological polar surface area (TPSA) is 60.3 Å². The van der Waals surface area contributed by atoms with Crippen molar-refractivity contribution in [1.82, 2.24) is 0 Å². The van der Waals surface area contributed by atoms with Gasteiger partial charge in [-0.05, 0) is 40.0 Å². The maximum Gasteiger partial charge on any atom is 0.101 e. The Morgan fingerprint density at radius 1 is 1.45 bits per heavy atom. The fraction of sp³-hybridized carbons (Fsp3) is 0.875. The molecule has 3 fully saturated rings. The lowest BCUT2D eigenvalue weighted by Gasteiger charge is -2.42. The summed E-state index contributed by atoms with van der Waals surface area (Å²) in [5, 5.41) is 0. The number of nitrogens with two attached hydrogens (primary N) is 1. The molecule has 1 saturated carbocycles. The van der Waals surface area contributed by atoms with E-state index in [9.17, 15) is 0 Å². The van der Waals surface area contributed by atoms with E-state index in [0.717, 1.165) is 25.9 Å². The lowest BCUT2D eigenvalue weighted by molar-refractivity contribution is -0.0601. The Morgan fingerprint density at radius 3 is 2.70 bits per heavy atom. The van der Waals surface area contributed by atoms with Gasteiger partial charge in [0.05, 0.1) is 24.4 Å². The van der Waals surface area contributed by atoms with Crippen LogP contribution < -0.4 is 5.73 Å². The van der Waals surface area contributed by atoms with Crippen molar-refractivity contribution in [3.63, 3.8) is 0 Å². The molecule has 2 unspecified atom stereocenters. The molecule has 1 spiro atoms. The number of allylic oxidation sites excluding steroid dienone is 1. The molecule has 2 aliphatic heterocycles. The molecule has 2 saturated heterocycles. The summed E-state index contributed by atoms with van der Waals surface area (Å²) in [4.78, 5) is 0. The summed E-state index contributed by atoms with van der Waals surface area (Å²) in [6.07, 6.45) is 5.54. The van der Waals surface area contributed by atoms with Crippen LogP contribution in [0.15, 0.2) is 11.6 Å². The van der Waals surface area contributed by atoms with Crippen molar-refractivity contribution in [2.24, 2.45) is 11.7 Å². The highest BCUT2D eigenvalue weighted by Crippen LogP contribution is 2.59. The molecule has 0 aromatic heterocycles. The monoisotopic (exact) mass is 281 g/mol. The van der Waals surface area contributed by atoms with E-state index in [1.807, 2.05) is 0 Å². The number of hydrogen-bond donors (Lipinski definition) is 1. The zero-order valence-electron chi connectivity index (χ0n) is 13.0. The SMILES string of the molecule is CO[C@H]1C([C@@]2(C)O[C@@H]2CC=C(C)C)C2(CC[C@H]1N)CO2. The normalized spacial score (nSPS) is 50.0. The molecule has 114 valence electrons. The van der Waals surface area contributed by atoms with E-state index in [4.69, 9.17) is 19.9 Å². The van der Waals surface area contributed by atoms with Gasteiger partial charge in [-0.25, -0.2) is 0 Å². The molecular weight excluding hydrogens is 254 g/mol. The minimum atomic E-state index is -0.152. The van der Waals surface area contributed by atoms with Crippen molar-refractivity contribution < 1.29 is 14.2 Å². The number of hydrogen-bond acceptors (Lipinski definition) is 4. The van der Waals surface area contributed by atoms with Crippen LogP contribution in [0.25, 0.3) is 0 Å². The van der Waals surface area contributed by atoms with E-state index >= 15 is 0 Å². The smallest absolute Gasteiger partial charge is 0.101 e. The highest BCUT2D eigenvalue weighted by molar-refractivity contribution is 5.21. The zero-order chi connectivity index (χ0) is 14.5. The van der Waals surface area contributed by atoms with Gasteiger partial charge in [0.25, 0.3) is 0 Å². The standard InChI is InChI=1S/C16H27NO3/c1-10(2)5-6-12-15(3,20-12)14-13(18-4)11(17)7-8-16(14)9-19-16/h5,11-14H,6-9,17H2,1-4H3/t11-,12-,13-,14?,15+,16?/m1/s1. The van der Waals surface area contributed by atoms with E-state index in [1.54, 1.807) is 7.11 Å². The molecular formula is C16H27NO3. The maximum absolute atomic E-state index is 6.27. The van der Waals surface area contributed by atoms with E-state index < -0.39 is 0 Å². The van der Waals surface area contributed by atoms with Crippen LogP contribution in [0.1, 0.15) is 40.0 Å². The van der Waals surface area contributed by atoms with Gasteiger partial charge in [-0.1, -0.05) is 11.6 Å². The lowest BCUT2D eigenvalue weighted by atomic mass is 9.67. The molecule has 0 radical (unpaired) electrons. The van der Waals surface area contributed by atoms with Crippen LogP contribution in [0, 0.1) is 5.92 Å². The predicted octanol–water partition coefficient (Wildman–Crippen LogP) is 2.02. The average Bonchev–Trinajstić information content (AvgIpc) is 3.29. The third-order valence-electron chi connectivity index (χ3n) is 5.34. The second-order valence-electron chi connectivity index (χ2n) is 7.04. The second-order valence-corrected chi connectivity index (χ2v) is 7.04.